The number of nitrogens with zero attached hydrogens (tertiary/aromatic N) is 8. The fourth-order valence-corrected chi connectivity index (χ4v) is 4.75. The van der Waals surface area contributed by atoms with Crippen LogP contribution in [0.15, 0.2) is 36.8 Å². The lowest BCUT2D eigenvalue weighted by Gasteiger charge is -2.49. The summed E-state index contributed by atoms with van der Waals surface area (Å²) in [6.07, 6.45) is 5.66. The lowest BCUT2D eigenvalue weighted by Crippen LogP contribution is -2.58. The van der Waals surface area contributed by atoms with Gasteiger partial charge in [0.25, 0.3) is 0 Å². The summed E-state index contributed by atoms with van der Waals surface area (Å²) in [4.78, 5) is 15.9. The first-order chi connectivity index (χ1) is 16.0. The Bertz CT molecular complexity index is 1380. The zero-order valence-corrected chi connectivity index (χ0v) is 18.0. The average molecular weight is 450 g/mol. The number of imidazole rings is 1. The average Bonchev–Trinajstić information content (AvgIpc) is 3.46. The highest BCUT2D eigenvalue weighted by Gasteiger charge is 2.49. The monoisotopic (exact) mass is 450 g/mol. The number of aryl methyl sites for hydroxylation is 1. The second-order valence-electron chi connectivity index (χ2n) is 8.12. The summed E-state index contributed by atoms with van der Waals surface area (Å²) in [6, 6.07) is 3.39. The fraction of sp³-hybridized carbons (Fsp3) is 0.318. The van der Waals surface area contributed by atoms with Gasteiger partial charge in [0.1, 0.15) is 34.5 Å². The van der Waals surface area contributed by atoms with Crippen LogP contribution in [0.25, 0.3) is 23.0 Å². The molecule has 0 bridgehead atoms. The van der Waals surface area contributed by atoms with E-state index in [9.17, 15) is 8.78 Å². The van der Waals surface area contributed by atoms with E-state index < -0.39 is 17.2 Å². The lowest BCUT2D eigenvalue weighted by molar-refractivity contribution is 0.0390. The number of fused-ring (bicyclic) bond motifs is 6. The van der Waals surface area contributed by atoms with Gasteiger partial charge in [-0.25, -0.2) is 18.7 Å². The molecule has 5 heterocycles. The highest BCUT2D eigenvalue weighted by Crippen LogP contribution is 2.44. The Morgan fingerprint density at radius 3 is 2.88 bits per heavy atom. The molecule has 6 rings (SSSR count). The number of hydrogen-bond acceptors (Lipinski definition) is 7. The number of morpholine rings is 1. The van der Waals surface area contributed by atoms with E-state index in [1.54, 1.807) is 17.0 Å². The van der Waals surface area contributed by atoms with E-state index >= 15 is 0 Å². The van der Waals surface area contributed by atoms with Gasteiger partial charge in [-0.15, -0.1) is 10.2 Å². The first-order valence-electron chi connectivity index (χ1n) is 10.7. The summed E-state index contributed by atoms with van der Waals surface area (Å²) in [5.41, 5.74) is 0.435. The minimum absolute atomic E-state index is 0.161. The zero-order chi connectivity index (χ0) is 22.7. The van der Waals surface area contributed by atoms with E-state index in [0.717, 1.165) is 35.6 Å². The maximum absolute atomic E-state index is 14.5. The minimum atomic E-state index is -0.705. The molecule has 2 aliphatic rings. The van der Waals surface area contributed by atoms with Crippen LogP contribution in [0.5, 0.6) is 0 Å². The number of aromatic nitrogens is 7. The minimum Gasteiger partial charge on any atom is -0.377 e. The molecule has 0 amide bonds. The largest absolute Gasteiger partial charge is 0.377 e. The van der Waals surface area contributed by atoms with Crippen molar-refractivity contribution in [1.29, 1.82) is 0 Å². The van der Waals surface area contributed by atoms with Crippen LogP contribution in [0.2, 0.25) is 0 Å². The predicted octanol–water partition coefficient (Wildman–Crippen LogP) is 2.95. The Morgan fingerprint density at radius 1 is 1.18 bits per heavy atom. The third kappa shape index (κ3) is 2.75. The van der Waals surface area contributed by atoms with Gasteiger partial charge in [-0.2, -0.15) is 4.98 Å². The molecule has 0 N–H and O–H groups in total. The van der Waals surface area contributed by atoms with E-state index in [4.69, 9.17) is 9.72 Å². The molecule has 0 unspecified atom stereocenters. The van der Waals surface area contributed by atoms with Crippen molar-refractivity contribution in [3.63, 3.8) is 0 Å². The third-order valence-electron chi connectivity index (χ3n) is 6.40. The van der Waals surface area contributed by atoms with Gasteiger partial charge < -0.3 is 9.64 Å². The van der Waals surface area contributed by atoms with Crippen LogP contribution >= 0.6 is 0 Å². The van der Waals surface area contributed by atoms with Crippen molar-refractivity contribution in [2.75, 3.05) is 24.7 Å². The van der Waals surface area contributed by atoms with Gasteiger partial charge >= 0.3 is 0 Å². The van der Waals surface area contributed by atoms with Gasteiger partial charge in [0.05, 0.1) is 25.0 Å². The molecule has 168 valence electrons. The summed E-state index contributed by atoms with van der Waals surface area (Å²) in [7, 11) is 0. The zero-order valence-electron chi connectivity index (χ0n) is 18.0. The van der Waals surface area contributed by atoms with E-state index in [1.807, 2.05) is 11.5 Å². The van der Waals surface area contributed by atoms with Gasteiger partial charge in [0.2, 0.25) is 5.95 Å². The molecule has 4 aromatic rings. The fourth-order valence-electron chi connectivity index (χ4n) is 4.75. The molecular formula is C22H20F2N8O. The number of halogens is 2. The van der Waals surface area contributed by atoms with Gasteiger partial charge in [0.15, 0.2) is 11.6 Å². The summed E-state index contributed by atoms with van der Waals surface area (Å²) in [6.45, 7) is 5.64. The van der Waals surface area contributed by atoms with Crippen LogP contribution in [0.3, 0.4) is 0 Å². The van der Waals surface area contributed by atoms with Gasteiger partial charge in [-0.3, -0.25) is 9.13 Å². The maximum atomic E-state index is 14.5. The Balaban J connectivity index is 1.54. The molecule has 1 saturated heterocycles. The molecule has 11 heteroatoms. The van der Waals surface area contributed by atoms with Crippen molar-refractivity contribution in [1.82, 2.24) is 34.3 Å². The maximum Gasteiger partial charge on any atom is 0.237 e. The van der Waals surface area contributed by atoms with Crippen molar-refractivity contribution in [2.45, 2.75) is 25.8 Å². The normalized spacial score (nSPS) is 19.2. The molecular weight excluding hydrogens is 430 g/mol. The summed E-state index contributed by atoms with van der Waals surface area (Å²) in [5.74, 6) is 1.52. The van der Waals surface area contributed by atoms with Gasteiger partial charge in [-0.1, -0.05) is 6.92 Å². The molecule has 2 aliphatic heterocycles. The molecule has 1 atom stereocenters. The highest BCUT2D eigenvalue weighted by atomic mass is 19.1. The molecule has 1 fully saturated rings. The summed E-state index contributed by atoms with van der Waals surface area (Å²) in [5, 5.41) is 8.79. The van der Waals surface area contributed by atoms with Crippen molar-refractivity contribution in [2.24, 2.45) is 0 Å². The number of anilines is 1. The summed E-state index contributed by atoms with van der Waals surface area (Å²) < 4.78 is 37.4. The second kappa shape index (κ2) is 7.14. The molecule has 33 heavy (non-hydrogen) atoms. The number of ether oxygens (including phenoxy) is 1. The van der Waals surface area contributed by atoms with Crippen LogP contribution in [-0.4, -0.2) is 54.0 Å². The topological polar surface area (TPSA) is 86.8 Å². The van der Waals surface area contributed by atoms with E-state index in [0.29, 0.717) is 25.7 Å². The van der Waals surface area contributed by atoms with Crippen LogP contribution in [0.4, 0.5) is 14.6 Å². The highest BCUT2D eigenvalue weighted by molar-refractivity contribution is 5.65. The van der Waals surface area contributed by atoms with E-state index in [-0.39, 0.29) is 11.4 Å². The second-order valence-corrected chi connectivity index (χ2v) is 8.12. The first-order valence-corrected chi connectivity index (χ1v) is 10.7. The van der Waals surface area contributed by atoms with Crippen LogP contribution in [0, 0.1) is 18.6 Å². The van der Waals surface area contributed by atoms with Crippen molar-refractivity contribution < 1.29 is 13.5 Å². The van der Waals surface area contributed by atoms with E-state index in [1.165, 1.54) is 18.3 Å². The number of rotatable bonds is 3. The Morgan fingerprint density at radius 2 is 2.06 bits per heavy atom. The van der Waals surface area contributed by atoms with Crippen LogP contribution in [-0.2, 0) is 10.3 Å². The van der Waals surface area contributed by atoms with Crippen molar-refractivity contribution in [3.8, 4) is 23.0 Å². The van der Waals surface area contributed by atoms with Gasteiger partial charge in [-0.05, 0) is 25.5 Å². The predicted molar refractivity (Wildman–Crippen MR) is 114 cm³/mol. The number of hydrogen-bond donors (Lipinski definition) is 0. The number of benzene rings is 1. The molecule has 0 saturated carbocycles. The van der Waals surface area contributed by atoms with Crippen LogP contribution in [0.1, 0.15) is 25.0 Å². The molecule has 0 radical (unpaired) electrons. The quantitative estimate of drug-likeness (QED) is 0.474. The molecule has 0 spiro atoms. The van der Waals surface area contributed by atoms with Crippen LogP contribution < -0.4 is 4.90 Å². The SMILES string of the molecule is CC[C@]12COCCN1c1nc(-n3ccnc3-c3ccc(F)cc3F)ncc1-n1c(C)nnc12. The molecule has 0 aliphatic carbocycles. The Kier molecular flexibility index (Phi) is 4.31. The molecule has 1 aromatic carbocycles. The van der Waals surface area contributed by atoms with Crippen molar-refractivity contribution >= 4 is 5.82 Å². The Labute approximate surface area is 187 Å². The smallest absolute Gasteiger partial charge is 0.237 e. The first kappa shape index (κ1) is 19.9. The third-order valence-corrected chi connectivity index (χ3v) is 6.40. The van der Waals surface area contributed by atoms with Gasteiger partial charge in [0, 0.05) is 25.0 Å². The van der Waals surface area contributed by atoms with E-state index in [2.05, 4.69) is 32.0 Å². The standard InChI is InChI=1S/C22H20F2N8O/c1-3-22-12-33-9-8-31(22)19-17(32-13(2)28-29-20(22)32)11-26-21(27-19)30-7-6-25-18(30)15-5-4-14(23)10-16(15)24/h4-7,10-11H,3,8-9,12H2,1-2H3/t22-/m1/s1. The lowest BCUT2D eigenvalue weighted by atomic mass is 9.90. The molecule has 9 nitrogen and oxygen atoms in total. The Hall–Kier alpha value is -3.73. The van der Waals surface area contributed by atoms with Crippen molar-refractivity contribution in [3.05, 3.63) is 60.1 Å². The summed E-state index contributed by atoms with van der Waals surface area (Å²) >= 11 is 0. The molecule has 3 aromatic heterocycles.